The Morgan fingerprint density at radius 2 is 2.07 bits per heavy atom. The standard InChI is InChI=1S/C10H5I2NS/c11-8-5-9-7(4-10(12)14-9)3-6(8)1-2-13/h3-5H,1H2. The van der Waals surface area contributed by atoms with Crippen LogP contribution in [-0.2, 0) is 6.42 Å². The predicted octanol–water partition coefficient (Wildman–Crippen LogP) is 4.18. The molecule has 1 nitrogen and oxygen atoms in total. The van der Waals surface area contributed by atoms with Gasteiger partial charge in [-0.15, -0.1) is 11.3 Å². The van der Waals surface area contributed by atoms with E-state index in [1.807, 2.05) is 0 Å². The van der Waals surface area contributed by atoms with E-state index in [0.29, 0.717) is 6.42 Å². The van der Waals surface area contributed by atoms with E-state index in [1.165, 1.54) is 16.5 Å². The maximum Gasteiger partial charge on any atom is 0.0670 e. The van der Waals surface area contributed by atoms with Gasteiger partial charge in [0.15, 0.2) is 0 Å². The first kappa shape index (κ1) is 10.6. The highest BCUT2D eigenvalue weighted by Crippen LogP contribution is 2.30. The zero-order chi connectivity index (χ0) is 10.1. The lowest BCUT2D eigenvalue weighted by molar-refractivity contribution is 1.26. The highest BCUT2D eigenvalue weighted by Gasteiger charge is 2.05. The Hall–Kier alpha value is 0.130. The highest BCUT2D eigenvalue weighted by molar-refractivity contribution is 14.1. The van der Waals surface area contributed by atoms with Crippen LogP contribution >= 0.6 is 56.5 Å². The Morgan fingerprint density at radius 1 is 1.29 bits per heavy atom. The molecule has 0 spiro atoms. The third-order valence-electron chi connectivity index (χ3n) is 1.92. The van der Waals surface area contributed by atoms with Crippen LogP contribution in [-0.4, -0.2) is 0 Å². The van der Waals surface area contributed by atoms with E-state index in [2.05, 4.69) is 69.5 Å². The topological polar surface area (TPSA) is 23.8 Å². The summed E-state index contributed by atoms with van der Waals surface area (Å²) in [6.45, 7) is 0. The van der Waals surface area contributed by atoms with Gasteiger partial charge in [-0.2, -0.15) is 5.26 Å². The van der Waals surface area contributed by atoms with Crippen molar-refractivity contribution in [3.8, 4) is 6.07 Å². The van der Waals surface area contributed by atoms with Crippen molar-refractivity contribution < 1.29 is 0 Å². The lowest BCUT2D eigenvalue weighted by Crippen LogP contribution is -1.85. The van der Waals surface area contributed by atoms with Gasteiger partial charge >= 0.3 is 0 Å². The summed E-state index contributed by atoms with van der Waals surface area (Å²) in [4.78, 5) is 0. The summed E-state index contributed by atoms with van der Waals surface area (Å²) in [5.74, 6) is 0. The van der Waals surface area contributed by atoms with Gasteiger partial charge in [-0.05, 0) is 74.3 Å². The molecule has 0 N–H and O–H groups in total. The third kappa shape index (κ3) is 2.04. The van der Waals surface area contributed by atoms with E-state index < -0.39 is 0 Å². The Balaban J connectivity index is 2.65. The van der Waals surface area contributed by atoms with Crippen molar-refractivity contribution in [1.29, 1.82) is 5.26 Å². The Bertz CT molecular complexity index is 525. The van der Waals surface area contributed by atoms with Crippen molar-refractivity contribution in [3.63, 3.8) is 0 Å². The minimum Gasteiger partial charge on any atom is -0.198 e. The number of hydrogen-bond donors (Lipinski definition) is 0. The molecule has 1 aromatic carbocycles. The van der Waals surface area contributed by atoms with Crippen LogP contribution in [0.3, 0.4) is 0 Å². The van der Waals surface area contributed by atoms with Gasteiger partial charge in [0.05, 0.1) is 15.4 Å². The van der Waals surface area contributed by atoms with Crippen LogP contribution in [0.5, 0.6) is 0 Å². The fourth-order valence-corrected chi connectivity index (χ4v) is 4.02. The third-order valence-corrected chi connectivity index (χ3v) is 4.79. The first-order chi connectivity index (χ1) is 6.70. The fourth-order valence-electron chi connectivity index (χ4n) is 1.30. The highest BCUT2D eigenvalue weighted by atomic mass is 127. The Labute approximate surface area is 113 Å². The summed E-state index contributed by atoms with van der Waals surface area (Å²) in [6.07, 6.45) is 0.501. The molecule has 0 radical (unpaired) electrons. The second kappa shape index (κ2) is 4.33. The lowest BCUT2D eigenvalue weighted by Gasteiger charge is -1.99. The zero-order valence-electron chi connectivity index (χ0n) is 7.05. The molecule has 0 unspecified atom stereocenters. The maximum atomic E-state index is 8.67. The summed E-state index contributed by atoms with van der Waals surface area (Å²) >= 11 is 6.41. The molecule has 14 heavy (non-hydrogen) atoms. The molecule has 1 aromatic heterocycles. The maximum absolute atomic E-state index is 8.67. The average Bonchev–Trinajstić information content (AvgIpc) is 2.45. The van der Waals surface area contributed by atoms with Crippen molar-refractivity contribution in [3.05, 3.63) is 30.2 Å². The van der Waals surface area contributed by atoms with Crippen LogP contribution in [0.2, 0.25) is 0 Å². The van der Waals surface area contributed by atoms with Crippen LogP contribution in [0, 0.1) is 17.8 Å². The summed E-state index contributed by atoms with van der Waals surface area (Å²) in [6, 6.07) is 8.64. The molecule has 0 bridgehead atoms. The largest absolute Gasteiger partial charge is 0.198 e. The van der Waals surface area contributed by atoms with Crippen molar-refractivity contribution in [2.45, 2.75) is 6.42 Å². The van der Waals surface area contributed by atoms with E-state index in [1.54, 1.807) is 11.3 Å². The van der Waals surface area contributed by atoms with Gasteiger partial charge in [0.25, 0.3) is 0 Å². The molecule has 0 saturated heterocycles. The molecule has 0 saturated carbocycles. The minimum absolute atomic E-state index is 0.501. The summed E-state index contributed by atoms with van der Waals surface area (Å²) in [7, 11) is 0. The number of nitriles is 1. The molecule has 0 aliphatic heterocycles. The van der Waals surface area contributed by atoms with Crippen molar-refractivity contribution in [2.24, 2.45) is 0 Å². The zero-order valence-corrected chi connectivity index (χ0v) is 12.2. The number of rotatable bonds is 1. The van der Waals surface area contributed by atoms with Crippen molar-refractivity contribution in [1.82, 2.24) is 0 Å². The first-order valence-electron chi connectivity index (χ1n) is 3.95. The van der Waals surface area contributed by atoms with Crippen LogP contribution in [0.4, 0.5) is 0 Å². The SMILES string of the molecule is N#CCc1cc2cc(I)sc2cc1I. The second-order valence-electron chi connectivity index (χ2n) is 2.87. The molecule has 0 aliphatic carbocycles. The molecule has 0 fully saturated rings. The Kier molecular flexibility index (Phi) is 3.29. The molecule has 4 heteroatoms. The van der Waals surface area contributed by atoms with E-state index in [4.69, 9.17) is 5.26 Å². The second-order valence-corrected chi connectivity index (χ2v) is 7.01. The molecule has 70 valence electrons. The normalized spacial score (nSPS) is 10.4. The lowest BCUT2D eigenvalue weighted by atomic mass is 10.1. The fraction of sp³-hybridized carbons (Fsp3) is 0.100. The molecule has 2 rings (SSSR count). The van der Waals surface area contributed by atoms with Gasteiger partial charge in [-0.3, -0.25) is 0 Å². The van der Waals surface area contributed by atoms with E-state index in [0.717, 1.165) is 5.56 Å². The average molecular weight is 425 g/mol. The summed E-state index contributed by atoms with van der Waals surface area (Å²) in [5, 5.41) is 9.92. The van der Waals surface area contributed by atoms with E-state index in [9.17, 15) is 0 Å². The van der Waals surface area contributed by atoms with E-state index >= 15 is 0 Å². The molecule has 1 heterocycles. The first-order valence-corrected chi connectivity index (χ1v) is 6.92. The quantitative estimate of drug-likeness (QED) is 0.630. The van der Waals surface area contributed by atoms with Gasteiger partial charge in [0, 0.05) is 8.27 Å². The summed E-state index contributed by atoms with van der Waals surface area (Å²) in [5.41, 5.74) is 1.13. The van der Waals surface area contributed by atoms with Crippen LogP contribution in [0.25, 0.3) is 10.1 Å². The molecule has 2 aromatic rings. The van der Waals surface area contributed by atoms with Gasteiger partial charge in [-0.25, -0.2) is 0 Å². The smallest absolute Gasteiger partial charge is 0.0670 e. The molecule has 0 aliphatic rings. The monoisotopic (exact) mass is 425 g/mol. The number of fused-ring (bicyclic) bond motifs is 1. The number of thiophene rings is 1. The van der Waals surface area contributed by atoms with Gasteiger partial charge in [0.1, 0.15) is 0 Å². The van der Waals surface area contributed by atoms with Crippen LogP contribution in [0.15, 0.2) is 18.2 Å². The molecular formula is C10H5I2NS. The van der Waals surface area contributed by atoms with Gasteiger partial charge in [-0.1, -0.05) is 0 Å². The summed E-state index contributed by atoms with van der Waals surface area (Å²) < 4.78 is 3.79. The van der Waals surface area contributed by atoms with Crippen molar-refractivity contribution >= 4 is 66.6 Å². The van der Waals surface area contributed by atoms with E-state index in [-0.39, 0.29) is 0 Å². The van der Waals surface area contributed by atoms with Gasteiger partial charge in [0.2, 0.25) is 0 Å². The van der Waals surface area contributed by atoms with Gasteiger partial charge < -0.3 is 0 Å². The predicted molar refractivity (Wildman–Crippen MR) is 76.6 cm³/mol. The molecule has 0 amide bonds. The number of hydrogen-bond acceptors (Lipinski definition) is 2. The molecule has 0 atom stereocenters. The Morgan fingerprint density at radius 3 is 2.79 bits per heavy atom. The number of halogens is 2. The number of benzene rings is 1. The van der Waals surface area contributed by atoms with Crippen LogP contribution in [0.1, 0.15) is 5.56 Å². The number of nitrogens with zero attached hydrogens (tertiary/aromatic N) is 1. The van der Waals surface area contributed by atoms with Crippen LogP contribution < -0.4 is 0 Å². The minimum atomic E-state index is 0.501. The van der Waals surface area contributed by atoms with Crippen molar-refractivity contribution in [2.75, 3.05) is 0 Å². The molecular weight excluding hydrogens is 420 g/mol.